The number of rotatable bonds is 5. The van der Waals surface area contributed by atoms with Crippen LogP contribution in [0.4, 0.5) is 9.18 Å². The van der Waals surface area contributed by atoms with Crippen LogP contribution in [0.2, 0.25) is 0 Å². The summed E-state index contributed by atoms with van der Waals surface area (Å²) < 4.78 is 19.3. The Morgan fingerprint density at radius 2 is 1.96 bits per heavy atom. The summed E-state index contributed by atoms with van der Waals surface area (Å²) >= 11 is 0. The third-order valence-corrected chi connectivity index (χ3v) is 3.92. The summed E-state index contributed by atoms with van der Waals surface area (Å²) in [5, 5.41) is 15.2. The molecule has 3 rings (SSSR count). The largest absolute Gasteiger partial charge is 0.488 e. The molecule has 0 saturated heterocycles. The van der Waals surface area contributed by atoms with Gasteiger partial charge in [-0.3, -0.25) is 0 Å². The van der Waals surface area contributed by atoms with Crippen molar-refractivity contribution in [3.63, 3.8) is 0 Å². The lowest BCUT2D eigenvalue weighted by atomic mass is 10.1. The first-order valence-electron chi connectivity index (χ1n) is 7.82. The molecule has 1 heterocycles. The van der Waals surface area contributed by atoms with Crippen LogP contribution in [0, 0.1) is 5.82 Å². The van der Waals surface area contributed by atoms with Crippen LogP contribution in [-0.2, 0) is 6.42 Å². The van der Waals surface area contributed by atoms with E-state index >= 15 is 0 Å². The number of hydrogen-bond acceptors (Lipinski definition) is 3. The molecule has 3 N–H and O–H groups in total. The normalized spacial score (nSPS) is 16.8. The van der Waals surface area contributed by atoms with E-state index in [-0.39, 0.29) is 18.2 Å². The predicted molar refractivity (Wildman–Crippen MR) is 87.3 cm³/mol. The molecule has 2 atom stereocenters. The minimum absolute atomic E-state index is 0.0709. The quantitative estimate of drug-likeness (QED) is 0.787. The summed E-state index contributed by atoms with van der Waals surface area (Å²) in [5.41, 5.74) is 1.28. The number of ether oxygens (including phenoxy) is 1. The molecule has 2 amide bonds. The number of urea groups is 1. The van der Waals surface area contributed by atoms with Crippen molar-refractivity contribution >= 4 is 6.03 Å². The molecule has 0 spiro atoms. The van der Waals surface area contributed by atoms with Gasteiger partial charge in [0, 0.05) is 18.5 Å². The average Bonchev–Trinajstić information content (AvgIpc) is 3.01. The molecule has 126 valence electrons. The molecule has 6 heteroatoms. The Bertz CT molecular complexity index is 698. The van der Waals surface area contributed by atoms with E-state index in [9.17, 15) is 14.3 Å². The zero-order chi connectivity index (χ0) is 16.9. The maximum atomic E-state index is 13.5. The van der Waals surface area contributed by atoms with Crippen LogP contribution in [0.1, 0.15) is 17.2 Å². The van der Waals surface area contributed by atoms with Crippen LogP contribution in [0.5, 0.6) is 5.75 Å². The number of para-hydroxylation sites is 1. The Labute approximate surface area is 139 Å². The minimum atomic E-state index is -1.09. The first-order valence-corrected chi connectivity index (χ1v) is 7.82. The van der Waals surface area contributed by atoms with Gasteiger partial charge in [0.2, 0.25) is 0 Å². The number of amides is 2. The third kappa shape index (κ3) is 3.83. The van der Waals surface area contributed by atoms with Crippen LogP contribution >= 0.6 is 0 Å². The van der Waals surface area contributed by atoms with E-state index in [1.54, 1.807) is 12.1 Å². The van der Waals surface area contributed by atoms with Crippen molar-refractivity contribution in [1.82, 2.24) is 10.6 Å². The molecule has 0 radical (unpaired) electrons. The molecule has 0 fully saturated rings. The van der Waals surface area contributed by atoms with Gasteiger partial charge in [-0.1, -0.05) is 36.4 Å². The topological polar surface area (TPSA) is 70.6 Å². The Hall–Kier alpha value is -2.60. The molecule has 0 aromatic heterocycles. The highest BCUT2D eigenvalue weighted by Crippen LogP contribution is 2.27. The third-order valence-electron chi connectivity index (χ3n) is 3.92. The van der Waals surface area contributed by atoms with Crippen molar-refractivity contribution in [1.29, 1.82) is 0 Å². The fourth-order valence-corrected chi connectivity index (χ4v) is 2.68. The molecule has 2 aromatic rings. The highest BCUT2D eigenvalue weighted by atomic mass is 19.1. The minimum Gasteiger partial charge on any atom is -0.488 e. The number of hydrogen-bond donors (Lipinski definition) is 3. The van der Waals surface area contributed by atoms with Gasteiger partial charge >= 0.3 is 6.03 Å². The van der Waals surface area contributed by atoms with Gasteiger partial charge < -0.3 is 20.5 Å². The first kappa shape index (κ1) is 16.3. The van der Waals surface area contributed by atoms with Gasteiger partial charge in [0.05, 0.1) is 12.6 Å². The summed E-state index contributed by atoms with van der Waals surface area (Å²) in [4.78, 5) is 11.8. The molecule has 24 heavy (non-hydrogen) atoms. The maximum absolute atomic E-state index is 13.5. The second kappa shape index (κ2) is 7.31. The van der Waals surface area contributed by atoms with Gasteiger partial charge in [-0.15, -0.1) is 0 Å². The van der Waals surface area contributed by atoms with E-state index in [4.69, 9.17) is 4.74 Å². The molecule has 1 aliphatic heterocycles. The van der Waals surface area contributed by atoms with Gasteiger partial charge in [-0.25, -0.2) is 9.18 Å². The highest BCUT2D eigenvalue weighted by Gasteiger charge is 2.22. The number of aliphatic hydroxyl groups excluding tert-OH is 1. The molecular weight excluding hydrogens is 311 g/mol. The fraction of sp³-hybridized carbons (Fsp3) is 0.278. The summed E-state index contributed by atoms with van der Waals surface area (Å²) in [6.07, 6.45) is -0.456. The number of fused-ring (bicyclic) bond motifs is 1. The molecule has 0 bridgehead atoms. The molecule has 0 saturated carbocycles. The SMILES string of the molecule is O=C(NCC1Cc2ccccc2O1)NCC(O)c1ccccc1F. The maximum Gasteiger partial charge on any atom is 0.315 e. The van der Waals surface area contributed by atoms with E-state index in [0.29, 0.717) is 6.54 Å². The van der Waals surface area contributed by atoms with Gasteiger partial charge in [-0.2, -0.15) is 0 Å². The summed E-state index contributed by atoms with van der Waals surface area (Å²) in [5.74, 6) is 0.351. The van der Waals surface area contributed by atoms with Gasteiger partial charge in [0.15, 0.2) is 0 Å². The Kier molecular flexibility index (Phi) is 4.96. The zero-order valence-electron chi connectivity index (χ0n) is 13.0. The number of halogens is 1. The van der Waals surface area contributed by atoms with Gasteiger partial charge in [0.1, 0.15) is 17.7 Å². The average molecular weight is 330 g/mol. The van der Waals surface area contributed by atoms with Crippen molar-refractivity contribution in [3.05, 3.63) is 65.5 Å². The zero-order valence-corrected chi connectivity index (χ0v) is 13.0. The molecule has 0 aliphatic carbocycles. The second-order valence-electron chi connectivity index (χ2n) is 5.68. The second-order valence-corrected chi connectivity index (χ2v) is 5.68. The fourth-order valence-electron chi connectivity index (χ4n) is 2.68. The van der Waals surface area contributed by atoms with Crippen molar-refractivity contribution in [2.75, 3.05) is 13.1 Å². The lowest BCUT2D eigenvalue weighted by Crippen LogP contribution is -2.42. The van der Waals surface area contributed by atoms with Crippen LogP contribution in [-0.4, -0.2) is 30.3 Å². The van der Waals surface area contributed by atoms with E-state index < -0.39 is 18.0 Å². The Morgan fingerprint density at radius 1 is 1.21 bits per heavy atom. The number of benzene rings is 2. The molecule has 5 nitrogen and oxygen atoms in total. The van der Waals surface area contributed by atoms with E-state index in [1.807, 2.05) is 24.3 Å². The lowest BCUT2D eigenvalue weighted by Gasteiger charge is -2.15. The van der Waals surface area contributed by atoms with Crippen molar-refractivity contribution in [2.24, 2.45) is 0 Å². The number of nitrogens with one attached hydrogen (secondary N) is 2. The summed E-state index contributed by atoms with van der Waals surface area (Å²) in [6, 6.07) is 13.3. The van der Waals surface area contributed by atoms with Crippen molar-refractivity contribution in [2.45, 2.75) is 18.6 Å². The Morgan fingerprint density at radius 3 is 2.75 bits per heavy atom. The van der Waals surface area contributed by atoms with Crippen molar-refractivity contribution < 1.29 is 19.0 Å². The molecule has 1 aliphatic rings. The lowest BCUT2D eigenvalue weighted by molar-refractivity contribution is 0.167. The monoisotopic (exact) mass is 330 g/mol. The van der Waals surface area contributed by atoms with Crippen LogP contribution in [0.3, 0.4) is 0 Å². The Balaban J connectivity index is 1.42. The van der Waals surface area contributed by atoms with Crippen LogP contribution < -0.4 is 15.4 Å². The molecule has 2 unspecified atom stereocenters. The number of carbonyl (C=O) groups is 1. The van der Waals surface area contributed by atoms with E-state index in [2.05, 4.69) is 10.6 Å². The molecular formula is C18H19FN2O3. The van der Waals surface area contributed by atoms with E-state index in [0.717, 1.165) is 17.7 Å². The van der Waals surface area contributed by atoms with Gasteiger partial charge in [0.25, 0.3) is 0 Å². The summed E-state index contributed by atoms with van der Waals surface area (Å²) in [7, 11) is 0. The smallest absolute Gasteiger partial charge is 0.315 e. The highest BCUT2D eigenvalue weighted by molar-refractivity contribution is 5.73. The van der Waals surface area contributed by atoms with Gasteiger partial charge in [-0.05, 0) is 17.7 Å². The molecule has 2 aromatic carbocycles. The number of carbonyl (C=O) groups excluding carboxylic acids is 1. The van der Waals surface area contributed by atoms with Crippen LogP contribution in [0.25, 0.3) is 0 Å². The summed E-state index contributed by atoms with van der Waals surface area (Å²) in [6.45, 7) is 0.287. The first-order chi connectivity index (χ1) is 11.6. The van der Waals surface area contributed by atoms with Crippen LogP contribution in [0.15, 0.2) is 48.5 Å². The van der Waals surface area contributed by atoms with Crippen molar-refractivity contribution in [3.8, 4) is 5.75 Å². The standard InChI is InChI=1S/C18H19FN2O3/c19-15-7-3-2-6-14(15)16(22)11-21-18(23)20-10-13-9-12-5-1-4-8-17(12)24-13/h1-8,13,16,22H,9-11H2,(H2,20,21,23). The number of aliphatic hydroxyl groups is 1. The predicted octanol–water partition coefficient (Wildman–Crippen LogP) is 2.16. The van der Waals surface area contributed by atoms with E-state index in [1.165, 1.54) is 12.1 Å².